The zero-order valence-electron chi connectivity index (χ0n) is 15.7. The maximum atomic E-state index is 13.2. The molecule has 4 aromatic rings. The molecule has 0 aliphatic rings. The molecule has 1 amide bonds. The predicted molar refractivity (Wildman–Crippen MR) is 122 cm³/mol. The Kier molecular flexibility index (Phi) is 6.13. The van der Waals surface area contributed by atoms with E-state index in [2.05, 4.69) is 4.98 Å². The Balaban J connectivity index is 1.65. The second kappa shape index (κ2) is 8.95. The number of thiazole rings is 1. The summed E-state index contributed by atoms with van der Waals surface area (Å²) in [5.74, 6) is 0.303. The molecule has 2 aromatic heterocycles. The maximum Gasteiger partial charge on any atom is 0.239 e. The molecule has 4 rings (SSSR count). The van der Waals surface area contributed by atoms with Gasteiger partial charge in [-0.15, -0.1) is 11.8 Å². The average Bonchev–Trinajstić information content (AvgIpc) is 3.21. The van der Waals surface area contributed by atoms with Gasteiger partial charge in [0, 0.05) is 11.1 Å². The second-order valence-electron chi connectivity index (χ2n) is 6.44. The van der Waals surface area contributed by atoms with Crippen molar-refractivity contribution in [3.8, 4) is 0 Å². The molecule has 0 bridgehead atoms. The van der Waals surface area contributed by atoms with Crippen LogP contribution >= 0.6 is 34.7 Å². The van der Waals surface area contributed by atoms with Crippen LogP contribution in [0.4, 0.5) is 5.13 Å². The third-order valence-corrected chi connectivity index (χ3v) is 6.91. The number of hydrogen-bond donors (Lipinski definition) is 0. The fraction of sp³-hybridized carbons (Fsp3) is 0.136. The van der Waals surface area contributed by atoms with Crippen molar-refractivity contribution in [3.63, 3.8) is 0 Å². The molecule has 29 heavy (non-hydrogen) atoms. The zero-order valence-corrected chi connectivity index (χ0v) is 18.1. The van der Waals surface area contributed by atoms with Crippen molar-refractivity contribution in [2.24, 2.45) is 0 Å². The van der Waals surface area contributed by atoms with Crippen molar-refractivity contribution >= 4 is 56.0 Å². The number of carbonyl (C=O) groups is 1. The number of carbonyl (C=O) groups excluding carboxylic acids is 1. The van der Waals surface area contributed by atoms with Gasteiger partial charge in [-0.05, 0) is 42.8 Å². The van der Waals surface area contributed by atoms with Crippen LogP contribution in [-0.2, 0) is 11.3 Å². The normalized spacial score (nSPS) is 11.0. The molecule has 2 heterocycles. The molecule has 0 atom stereocenters. The average molecular weight is 440 g/mol. The number of aryl methyl sites for hydroxylation is 1. The van der Waals surface area contributed by atoms with Crippen molar-refractivity contribution in [2.45, 2.75) is 18.4 Å². The first kappa shape index (κ1) is 19.9. The van der Waals surface area contributed by atoms with E-state index in [1.165, 1.54) is 23.1 Å². The molecule has 146 valence electrons. The zero-order chi connectivity index (χ0) is 20.2. The molecule has 4 nitrogen and oxygen atoms in total. The van der Waals surface area contributed by atoms with Crippen LogP contribution in [0.3, 0.4) is 0 Å². The standard InChI is InChI=1S/C22H18ClN3OS2/c1-15-10-11-18(23)21-20(15)25-22(29-21)26(13-16-7-5-6-12-24-16)19(27)14-28-17-8-3-2-4-9-17/h2-12H,13-14H2,1H3. The monoisotopic (exact) mass is 439 g/mol. The van der Waals surface area contributed by atoms with E-state index in [1.807, 2.05) is 67.6 Å². The molecular formula is C22H18ClN3OS2. The van der Waals surface area contributed by atoms with E-state index >= 15 is 0 Å². The van der Waals surface area contributed by atoms with E-state index in [-0.39, 0.29) is 5.91 Å². The number of amides is 1. The van der Waals surface area contributed by atoms with Crippen molar-refractivity contribution in [3.05, 3.63) is 83.1 Å². The number of benzene rings is 2. The molecule has 7 heteroatoms. The van der Waals surface area contributed by atoms with Crippen LogP contribution in [0, 0.1) is 6.92 Å². The van der Waals surface area contributed by atoms with E-state index in [1.54, 1.807) is 11.1 Å². The number of fused-ring (bicyclic) bond motifs is 1. The summed E-state index contributed by atoms with van der Waals surface area (Å²) in [4.78, 5) is 25.1. The third kappa shape index (κ3) is 4.61. The summed E-state index contributed by atoms with van der Waals surface area (Å²) in [6, 6.07) is 19.4. The number of anilines is 1. The van der Waals surface area contributed by atoms with Crippen LogP contribution in [0.5, 0.6) is 0 Å². The molecular weight excluding hydrogens is 422 g/mol. The SMILES string of the molecule is Cc1ccc(Cl)c2sc(N(Cc3ccccn3)C(=O)CSc3ccccc3)nc12. The first-order valence-electron chi connectivity index (χ1n) is 9.05. The van der Waals surface area contributed by atoms with Gasteiger partial charge in [0.05, 0.1) is 33.2 Å². The van der Waals surface area contributed by atoms with Crippen LogP contribution in [0.1, 0.15) is 11.3 Å². The van der Waals surface area contributed by atoms with Gasteiger partial charge in [-0.25, -0.2) is 4.98 Å². The minimum atomic E-state index is -0.0164. The Labute approximate surface area is 182 Å². The molecule has 0 fully saturated rings. The molecule has 0 saturated heterocycles. The smallest absolute Gasteiger partial charge is 0.239 e. The number of thioether (sulfide) groups is 1. The topological polar surface area (TPSA) is 46.1 Å². The van der Waals surface area contributed by atoms with Gasteiger partial charge in [0.15, 0.2) is 5.13 Å². The summed E-state index contributed by atoms with van der Waals surface area (Å²) in [7, 11) is 0. The van der Waals surface area contributed by atoms with Gasteiger partial charge in [0.2, 0.25) is 5.91 Å². The fourth-order valence-corrected chi connectivity index (χ4v) is 4.99. The van der Waals surface area contributed by atoms with Crippen molar-refractivity contribution < 1.29 is 4.79 Å². The van der Waals surface area contributed by atoms with E-state index in [9.17, 15) is 4.79 Å². The number of aromatic nitrogens is 2. The molecule has 2 aromatic carbocycles. The lowest BCUT2D eigenvalue weighted by atomic mass is 10.2. The van der Waals surface area contributed by atoms with E-state index in [4.69, 9.17) is 16.6 Å². The summed E-state index contributed by atoms with van der Waals surface area (Å²) in [6.07, 6.45) is 1.73. The Morgan fingerprint density at radius 1 is 1.10 bits per heavy atom. The maximum absolute atomic E-state index is 13.2. The van der Waals surface area contributed by atoms with Gasteiger partial charge in [-0.2, -0.15) is 0 Å². The number of rotatable bonds is 6. The van der Waals surface area contributed by atoms with Crippen LogP contribution in [0.15, 0.2) is 71.8 Å². The summed E-state index contributed by atoms with van der Waals surface area (Å²) in [5, 5.41) is 1.29. The summed E-state index contributed by atoms with van der Waals surface area (Å²) < 4.78 is 0.899. The molecule has 0 saturated carbocycles. The molecule has 0 N–H and O–H groups in total. The lowest BCUT2D eigenvalue weighted by Gasteiger charge is -2.19. The Morgan fingerprint density at radius 3 is 2.62 bits per heavy atom. The number of pyridine rings is 1. The third-order valence-electron chi connectivity index (χ3n) is 4.37. The highest BCUT2D eigenvalue weighted by Crippen LogP contribution is 2.36. The first-order chi connectivity index (χ1) is 14.1. The molecule has 0 radical (unpaired) electrons. The lowest BCUT2D eigenvalue weighted by molar-refractivity contribution is -0.116. The highest BCUT2D eigenvalue weighted by Gasteiger charge is 2.22. The minimum absolute atomic E-state index is 0.0164. The highest BCUT2D eigenvalue weighted by molar-refractivity contribution is 8.00. The first-order valence-corrected chi connectivity index (χ1v) is 11.2. The highest BCUT2D eigenvalue weighted by atomic mass is 35.5. The second-order valence-corrected chi connectivity index (χ2v) is 8.87. The van der Waals surface area contributed by atoms with Crippen LogP contribution < -0.4 is 4.90 Å². The molecule has 0 aliphatic carbocycles. The van der Waals surface area contributed by atoms with Crippen molar-refractivity contribution in [1.82, 2.24) is 9.97 Å². The quantitative estimate of drug-likeness (QED) is 0.347. The van der Waals surface area contributed by atoms with Crippen LogP contribution in [0.25, 0.3) is 10.2 Å². The van der Waals surface area contributed by atoms with Crippen molar-refractivity contribution in [1.29, 1.82) is 0 Å². The Morgan fingerprint density at radius 2 is 1.90 bits per heavy atom. The van der Waals surface area contributed by atoms with Gasteiger partial charge < -0.3 is 0 Å². The van der Waals surface area contributed by atoms with Gasteiger partial charge >= 0.3 is 0 Å². The minimum Gasteiger partial charge on any atom is -0.281 e. The lowest BCUT2D eigenvalue weighted by Crippen LogP contribution is -2.32. The fourth-order valence-electron chi connectivity index (χ4n) is 2.86. The van der Waals surface area contributed by atoms with Crippen LogP contribution in [0.2, 0.25) is 5.02 Å². The number of halogens is 1. The molecule has 0 spiro atoms. The van der Waals surface area contributed by atoms with Gasteiger partial charge in [-0.3, -0.25) is 14.7 Å². The Bertz CT molecular complexity index is 1090. The van der Waals surface area contributed by atoms with E-state index in [0.717, 1.165) is 26.4 Å². The molecule has 0 unspecified atom stereocenters. The number of nitrogens with zero attached hydrogens (tertiary/aromatic N) is 3. The largest absolute Gasteiger partial charge is 0.281 e. The van der Waals surface area contributed by atoms with E-state index < -0.39 is 0 Å². The van der Waals surface area contributed by atoms with Crippen LogP contribution in [-0.4, -0.2) is 21.6 Å². The summed E-state index contributed by atoms with van der Waals surface area (Å²) in [5.41, 5.74) is 2.69. The van der Waals surface area contributed by atoms with E-state index in [0.29, 0.717) is 22.5 Å². The van der Waals surface area contributed by atoms with Gasteiger partial charge in [0.1, 0.15) is 0 Å². The molecule has 0 aliphatic heterocycles. The van der Waals surface area contributed by atoms with Crippen molar-refractivity contribution in [2.75, 3.05) is 10.7 Å². The van der Waals surface area contributed by atoms with Gasteiger partial charge in [0.25, 0.3) is 0 Å². The van der Waals surface area contributed by atoms with Gasteiger partial charge in [-0.1, -0.05) is 53.3 Å². The summed E-state index contributed by atoms with van der Waals surface area (Å²) >= 11 is 9.33. The predicted octanol–water partition coefficient (Wildman–Crippen LogP) is 5.98. The summed E-state index contributed by atoms with van der Waals surface area (Å²) in [6.45, 7) is 2.36. The number of hydrogen-bond acceptors (Lipinski definition) is 5. The Hall–Kier alpha value is -2.41.